The van der Waals surface area contributed by atoms with Crippen molar-refractivity contribution in [3.63, 3.8) is 0 Å². The van der Waals surface area contributed by atoms with Gasteiger partial charge in [-0.15, -0.1) is 0 Å². The van der Waals surface area contributed by atoms with E-state index in [1.165, 1.54) is 0 Å². The van der Waals surface area contributed by atoms with E-state index in [2.05, 4.69) is 0 Å². The van der Waals surface area contributed by atoms with Gasteiger partial charge in [-0.2, -0.15) is 0 Å². The summed E-state index contributed by atoms with van der Waals surface area (Å²) < 4.78 is 5.24. The van der Waals surface area contributed by atoms with Gasteiger partial charge in [0.05, 0.1) is 11.3 Å². The molecule has 0 radical (unpaired) electrons. The quantitative estimate of drug-likeness (QED) is 0.797. The lowest BCUT2D eigenvalue weighted by Crippen LogP contribution is -2.25. The van der Waals surface area contributed by atoms with E-state index in [0.717, 1.165) is 18.4 Å². The highest BCUT2D eigenvalue weighted by molar-refractivity contribution is 5.75. The van der Waals surface area contributed by atoms with E-state index in [1.54, 1.807) is 6.92 Å². The van der Waals surface area contributed by atoms with Crippen LogP contribution in [0.3, 0.4) is 0 Å². The Morgan fingerprint density at radius 1 is 1.18 bits per heavy atom. The molecule has 1 atom stereocenters. The molecule has 0 bridgehead atoms. The first-order chi connectivity index (χ1) is 10.2. The molecule has 0 heterocycles. The molecule has 124 valence electrons. The summed E-state index contributed by atoms with van der Waals surface area (Å²) in [4.78, 5) is 21.6. The van der Waals surface area contributed by atoms with Crippen LogP contribution in [-0.2, 0) is 20.9 Å². The van der Waals surface area contributed by atoms with E-state index in [4.69, 9.17) is 9.84 Å². The Morgan fingerprint density at radius 2 is 1.73 bits per heavy atom. The number of carbonyl (C=O) groups is 2. The molecule has 0 aliphatic carbocycles. The first-order valence-corrected chi connectivity index (χ1v) is 7.68. The van der Waals surface area contributed by atoms with Crippen molar-refractivity contribution in [3.05, 3.63) is 35.9 Å². The Hall–Kier alpha value is -1.84. The van der Waals surface area contributed by atoms with Crippen molar-refractivity contribution >= 4 is 11.9 Å². The third kappa shape index (κ3) is 7.81. The molecular formula is C18H28O4. The van der Waals surface area contributed by atoms with Crippen molar-refractivity contribution in [1.82, 2.24) is 0 Å². The molecule has 0 aliphatic heterocycles. The summed E-state index contributed by atoms with van der Waals surface area (Å²) in [6, 6.07) is 9.72. The number of hydrogen-bond donors (Lipinski definition) is 1. The van der Waals surface area contributed by atoms with Crippen molar-refractivity contribution in [2.75, 3.05) is 0 Å². The molecule has 0 saturated carbocycles. The van der Waals surface area contributed by atoms with Crippen LogP contribution in [0.25, 0.3) is 0 Å². The summed E-state index contributed by atoms with van der Waals surface area (Å²) in [6.07, 6.45) is 1.51. The smallest absolute Gasteiger partial charge is 0.311 e. The number of carboxylic acid groups (broad SMARTS) is 1. The molecule has 0 aliphatic rings. The Morgan fingerprint density at radius 3 is 2.09 bits per heavy atom. The molecule has 4 nitrogen and oxygen atoms in total. The van der Waals surface area contributed by atoms with Gasteiger partial charge in [-0.3, -0.25) is 9.59 Å². The molecule has 1 N–H and O–H groups in total. The van der Waals surface area contributed by atoms with E-state index in [0.29, 0.717) is 6.61 Å². The molecule has 1 aromatic carbocycles. The molecule has 4 heteroatoms. The van der Waals surface area contributed by atoms with Crippen LogP contribution in [0.2, 0.25) is 0 Å². The van der Waals surface area contributed by atoms with Crippen LogP contribution < -0.4 is 0 Å². The molecule has 22 heavy (non-hydrogen) atoms. The highest BCUT2D eigenvalue weighted by Gasteiger charge is 2.26. The summed E-state index contributed by atoms with van der Waals surface area (Å²) in [7, 11) is 0. The lowest BCUT2D eigenvalue weighted by molar-refractivity contribution is -0.155. The fraction of sp³-hybridized carbons (Fsp3) is 0.556. The van der Waals surface area contributed by atoms with Crippen LogP contribution in [0.15, 0.2) is 30.3 Å². The van der Waals surface area contributed by atoms with Gasteiger partial charge in [0.2, 0.25) is 0 Å². The predicted molar refractivity (Wildman–Crippen MR) is 87.4 cm³/mol. The van der Waals surface area contributed by atoms with Gasteiger partial charge in [-0.25, -0.2) is 0 Å². The van der Waals surface area contributed by atoms with Gasteiger partial charge in [-0.1, -0.05) is 51.1 Å². The number of aliphatic carboxylic acids is 1. The molecular weight excluding hydrogens is 280 g/mol. The van der Waals surface area contributed by atoms with Gasteiger partial charge in [0.1, 0.15) is 6.61 Å². The van der Waals surface area contributed by atoms with Crippen molar-refractivity contribution in [2.45, 2.75) is 54.1 Å². The standard InChI is InChI=1S/C13H18O2.C5H10O2/c1-4-13(2,3)12(14)15-10-11-8-6-5-7-9-11;1-3-4(2)5(6)7/h5-9H,4,10H2,1-3H3;4H,3H2,1-2H3,(H,6,7). The number of carbonyl (C=O) groups excluding carboxylic acids is 1. The Balaban J connectivity index is 0.000000534. The first-order valence-electron chi connectivity index (χ1n) is 7.68. The zero-order valence-electron chi connectivity index (χ0n) is 14.3. The number of carboxylic acids is 1. The zero-order valence-corrected chi connectivity index (χ0v) is 14.3. The van der Waals surface area contributed by atoms with E-state index >= 15 is 0 Å². The topological polar surface area (TPSA) is 63.6 Å². The number of benzene rings is 1. The van der Waals surface area contributed by atoms with E-state index in [-0.39, 0.29) is 17.3 Å². The molecule has 0 fully saturated rings. The number of hydrogen-bond acceptors (Lipinski definition) is 3. The highest BCUT2D eigenvalue weighted by Crippen LogP contribution is 2.22. The van der Waals surface area contributed by atoms with E-state index < -0.39 is 5.97 Å². The Labute approximate surface area is 133 Å². The Kier molecular flexibility index (Phi) is 9.15. The predicted octanol–water partition coefficient (Wildman–Crippen LogP) is 4.28. The molecule has 0 spiro atoms. The number of esters is 1. The number of rotatable bonds is 6. The van der Waals surface area contributed by atoms with Gasteiger partial charge in [0.25, 0.3) is 0 Å². The van der Waals surface area contributed by atoms with Crippen molar-refractivity contribution in [2.24, 2.45) is 11.3 Å². The summed E-state index contributed by atoms with van der Waals surface area (Å²) in [5.74, 6) is -1.02. The second-order valence-corrected chi connectivity index (χ2v) is 5.95. The normalized spacial score (nSPS) is 11.9. The largest absolute Gasteiger partial charge is 0.481 e. The van der Waals surface area contributed by atoms with Crippen LogP contribution >= 0.6 is 0 Å². The van der Waals surface area contributed by atoms with Gasteiger partial charge in [0, 0.05) is 0 Å². The summed E-state index contributed by atoms with van der Waals surface area (Å²) in [5.41, 5.74) is 0.646. The number of ether oxygens (including phenoxy) is 1. The van der Waals surface area contributed by atoms with Crippen LogP contribution in [0.4, 0.5) is 0 Å². The maximum atomic E-state index is 11.6. The van der Waals surface area contributed by atoms with Crippen molar-refractivity contribution in [1.29, 1.82) is 0 Å². The minimum absolute atomic E-state index is 0.131. The van der Waals surface area contributed by atoms with Crippen LogP contribution in [0, 0.1) is 11.3 Å². The highest BCUT2D eigenvalue weighted by atomic mass is 16.5. The molecule has 1 rings (SSSR count). The van der Waals surface area contributed by atoms with E-state index in [1.807, 2.05) is 58.0 Å². The summed E-state index contributed by atoms with van der Waals surface area (Å²) in [6.45, 7) is 9.72. The third-order valence-corrected chi connectivity index (χ3v) is 3.68. The van der Waals surface area contributed by atoms with Crippen LogP contribution in [0.1, 0.15) is 53.0 Å². The average Bonchev–Trinajstić information content (AvgIpc) is 2.53. The van der Waals surface area contributed by atoms with E-state index in [9.17, 15) is 9.59 Å². The third-order valence-electron chi connectivity index (χ3n) is 3.68. The lowest BCUT2D eigenvalue weighted by atomic mass is 9.91. The lowest BCUT2D eigenvalue weighted by Gasteiger charge is -2.20. The second kappa shape index (κ2) is 9.98. The minimum atomic E-state index is -0.706. The minimum Gasteiger partial charge on any atom is -0.481 e. The monoisotopic (exact) mass is 308 g/mol. The maximum absolute atomic E-state index is 11.6. The zero-order chi connectivity index (χ0) is 17.2. The summed E-state index contributed by atoms with van der Waals surface area (Å²) in [5, 5.41) is 8.18. The summed E-state index contributed by atoms with van der Waals surface area (Å²) >= 11 is 0. The van der Waals surface area contributed by atoms with Gasteiger partial charge in [0.15, 0.2) is 0 Å². The van der Waals surface area contributed by atoms with Crippen molar-refractivity contribution < 1.29 is 19.4 Å². The molecule has 0 saturated heterocycles. The fourth-order valence-corrected chi connectivity index (χ4v) is 1.24. The molecule has 0 aromatic heterocycles. The van der Waals surface area contributed by atoms with Gasteiger partial charge in [-0.05, 0) is 32.3 Å². The Bertz CT molecular complexity index is 451. The first kappa shape index (κ1) is 20.2. The molecule has 1 aromatic rings. The van der Waals surface area contributed by atoms with Crippen LogP contribution in [0.5, 0.6) is 0 Å². The second-order valence-electron chi connectivity index (χ2n) is 5.95. The molecule has 0 amide bonds. The average molecular weight is 308 g/mol. The van der Waals surface area contributed by atoms with Crippen LogP contribution in [-0.4, -0.2) is 17.0 Å². The SMILES string of the molecule is CCC(C)(C)C(=O)OCc1ccccc1.CCC(C)C(=O)O. The fourth-order valence-electron chi connectivity index (χ4n) is 1.24. The van der Waals surface area contributed by atoms with Crippen molar-refractivity contribution in [3.8, 4) is 0 Å². The molecule has 1 unspecified atom stereocenters. The maximum Gasteiger partial charge on any atom is 0.311 e. The van der Waals surface area contributed by atoms with Gasteiger partial charge >= 0.3 is 11.9 Å². The van der Waals surface area contributed by atoms with Gasteiger partial charge < -0.3 is 9.84 Å².